The van der Waals surface area contributed by atoms with Gasteiger partial charge in [-0.25, -0.2) is 0 Å². The SMILES string of the molecule is CN([Si](=O)CC1C=C2C(=C1)c1ccccc1Cc1ccccc12)C(C)(C)C.C[N-]C.C[N-]C.[Ti+2]. The van der Waals surface area contributed by atoms with Gasteiger partial charge >= 0.3 is 30.6 Å². The van der Waals surface area contributed by atoms with Crippen LogP contribution in [0.15, 0.2) is 60.7 Å². The molecule has 0 atom stereocenters. The Labute approximate surface area is 223 Å². The third-order valence-corrected chi connectivity index (χ3v) is 8.08. The van der Waals surface area contributed by atoms with E-state index in [0.29, 0.717) is 6.04 Å². The Hall–Kier alpha value is -1.63. The topological polar surface area (TPSA) is 48.5 Å². The van der Waals surface area contributed by atoms with Crippen molar-refractivity contribution in [3.05, 3.63) is 93.6 Å². The van der Waals surface area contributed by atoms with Gasteiger partial charge in [-0.1, -0.05) is 60.7 Å². The molecule has 0 saturated carbocycles. The fourth-order valence-electron chi connectivity index (χ4n) is 4.04. The molecule has 4 nitrogen and oxygen atoms in total. The Bertz CT molecular complexity index is 947. The number of fused-ring (bicyclic) bond motifs is 5. The van der Waals surface area contributed by atoms with Crippen LogP contribution in [0.3, 0.4) is 0 Å². The Balaban J connectivity index is 0.000000751. The molecule has 0 N–H and O–H groups in total. The molecule has 2 aromatic rings. The molecule has 34 heavy (non-hydrogen) atoms. The summed E-state index contributed by atoms with van der Waals surface area (Å²) >= 11 is 0. The van der Waals surface area contributed by atoms with Crippen molar-refractivity contribution in [1.29, 1.82) is 0 Å². The van der Waals surface area contributed by atoms with E-state index in [9.17, 15) is 4.46 Å². The first-order valence-electron chi connectivity index (χ1n) is 11.5. The fourth-order valence-corrected chi connectivity index (χ4v) is 5.70. The summed E-state index contributed by atoms with van der Waals surface area (Å²) in [5, 5.41) is 7.00. The standard InChI is InChI=1S/C24H27NOSi.2C2H6N.Ti/c1-24(2,3)25(4)27(26)16-17-13-22-20-11-7-5-9-18(20)15-19-10-6-8-12-21(19)23(22)14-17;2*1-3-2;/h5-14,17H,15-16H2,1-4H3;2*1-2H3;/q;2*-1;+2. The van der Waals surface area contributed by atoms with E-state index in [1.54, 1.807) is 28.2 Å². The Kier molecular flexibility index (Phi) is 12.6. The maximum atomic E-state index is 13.0. The molecule has 0 spiro atoms. The quantitative estimate of drug-likeness (QED) is 0.439. The molecule has 0 unspecified atom stereocenters. The Morgan fingerprint density at radius 3 is 1.62 bits per heavy atom. The molecule has 2 aliphatic rings. The minimum absolute atomic E-state index is 0. The van der Waals surface area contributed by atoms with Crippen LogP contribution in [0, 0.1) is 5.92 Å². The molecule has 6 heteroatoms. The molecule has 0 aromatic heterocycles. The zero-order chi connectivity index (χ0) is 24.6. The van der Waals surface area contributed by atoms with Gasteiger partial charge in [0.1, 0.15) is 0 Å². The summed E-state index contributed by atoms with van der Waals surface area (Å²) in [5.41, 5.74) is 7.96. The number of hydrogen-bond acceptors (Lipinski definition) is 1. The smallest absolute Gasteiger partial charge is 0.668 e. The van der Waals surface area contributed by atoms with Gasteiger partial charge in [-0.2, -0.15) is 28.2 Å². The number of rotatable bonds is 3. The number of nitrogens with zero attached hydrogens (tertiary/aromatic N) is 3. The summed E-state index contributed by atoms with van der Waals surface area (Å²) in [7, 11) is 7.17. The number of hydrogen-bond donors (Lipinski definition) is 0. The molecule has 4 rings (SSSR count). The summed E-state index contributed by atoms with van der Waals surface area (Å²) in [4.78, 5) is 0. The van der Waals surface area contributed by atoms with Crippen molar-refractivity contribution in [2.45, 2.75) is 38.8 Å². The van der Waals surface area contributed by atoms with Gasteiger partial charge in [0.2, 0.25) is 0 Å². The van der Waals surface area contributed by atoms with Crippen molar-refractivity contribution in [3.63, 3.8) is 0 Å². The molecular formula is C28H39N3OSiTi. The van der Waals surface area contributed by atoms with Crippen LogP contribution >= 0.6 is 0 Å². The summed E-state index contributed by atoms with van der Waals surface area (Å²) in [6.07, 6.45) is 5.65. The molecule has 2 aliphatic carbocycles. The van der Waals surface area contributed by atoms with Crippen molar-refractivity contribution in [3.8, 4) is 0 Å². The zero-order valence-corrected chi connectivity index (χ0v) is 24.6. The van der Waals surface area contributed by atoms with E-state index in [2.05, 4.69) is 92.1 Å². The maximum Gasteiger partial charge on any atom is 2.00 e. The second kappa shape index (κ2) is 14.1. The van der Waals surface area contributed by atoms with Crippen LogP contribution in [-0.2, 0) is 32.6 Å². The monoisotopic (exact) mass is 509 g/mol. The minimum Gasteiger partial charge on any atom is -0.668 e. The summed E-state index contributed by atoms with van der Waals surface area (Å²) in [5.74, 6) is 0.227. The van der Waals surface area contributed by atoms with Crippen LogP contribution in [0.1, 0.15) is 43.0 Å². The first kappa shape index (κ1) is 30.4. The van der Waals surface area contributed by atoms with Crippen LogP contribution in [0.5, 0.6) is 0 Å². The van der Waals surface area contributed by atoms with E-state index in [-0.39, 0.29) is 33.2 Å². The van der Waals surface area contributed by atoms with Crippen LogP contribution in [0.4, 0.5) is 0 Å². The molecule has 2 aromatic carbocycles. The van der Waals surface area contributed by atoms with Crippen molar-refractivity contribution in [2.24, 2.45) is 5.92 Å². The molecule has 0 fully saturated rings. The molecule has 180 valence electrons. The third-order valence-electron chi connectivity index (χ3n) is 5.84. The summed E-state index contributed by atoms with van der Waals surface area (Å²) in [6, 6.07) is 18.1. The van der Waals surface area contributed by atoms with Gasteiger partial charge in [-0.3, -0.25) is 0 Å². The second-order valence-corrected chi connectivity index (χ2v) is 11.4. The van der Waals surface area contributed by atoms with Gasteiger partial charge in [0.05, 0.1) is 0 Å². The van der Waals surface area contributed by atoms with Crippen molar-refractivity contribution in [1.82, 2.24) is 4.57 Å². The average Bonchev–Trinajstić information content (AvgIpc) is 3.12. The second-order valence-electron chi connectivity index (χ2n) is 9.54. The summed E-state index contributed by atoms with van der Waals surface area (Å²) < 4.78 is 15.0. The van der Waals surface area contributed by atoms with Crippen molar-refractivity contribution >= 4 is 20.0 Å². The van der Waals surface area contributed by atoms with Crippen LogP contribution < -0.4 is 0 Å². The Morgan fingerprint density at radius 2 is 1.24 bits per heavy atom. The minimum atomic E-state index is -1.82. The molecule has 0 radical (unpaired) electrons. The largest absolute Gasteiger partial charge is 2.00 e. The van der Waals surface area contributed by atoms with E-state index in [0.717, 1.165) is 6.42 Å². The first-order chi connectivity index (χ1) is 15.7. The van der Waals surface area contributed by atoms with Gasteiger partial charge in [-0.15, -0.1) is 0 Å². The average molecular weight is 510 g/mol. The molecular weight excluding hydrogens is 470 g/mol. The van der Waals surface area contributed by atoms with Gasteiger partial charge in [0, 0.05) is 24.5 Å². The van der Waals surface area contributed by atoms with E-state index in [4.69, 9.17) is 0 Å². The van der Waals surface area contributed by atoms with Crippen LogP contribution in [-0.4, -0.2) is 54.2 Å². The number of benzene rings is 2. The van der Waals surface area contributed by atoms with Crippen molar-refractivity contribution in [2.75, 3.05) is 35.2 Å². The predicted octanol–water partition coefficient (Wildman–Crippen LogP) is 6.57. The van der Waals surface area contributed by atoms with Gasteiger partial charge in [-0.05, 0) is 60.6 Å². The molecule has 0 saturated heterocycles. The van der Waals surface area contributed by atoms with Crippen LogP contribution in [0.25, 0.3) is 21.8 Å². The van der Waals surface area contributed by atoms with E-state index in [1.807, 2.05) is 11.6 Å². The normalized spacial score (nSPS) is 13.6. The molecule has 0 bridgehead atoms. The van der Waals surface area contributed by atoms with E-state index >= 15 is 0 Å². The predicted molar refractivity (Wildman–Crippen MR) is 144 cm³/mol. The first-order valence-corrected chi connectivity index (χ1v) is 13.1. The van der Waals surface area contributed by atoms with Gasteiger partial charge < -0.3 is 19.7 Å². The van der Waals surface area contributed by atoms with Gasteiger partial charge in [0.15, 0.2) is 0 Å². The molecule has 0 amide bonds. The molecule has 0 heterocycles. The van der Waals surface area contributed by atoms with E-state index < -0.39 is 8.84 Å². The van der Waals surface area contributed by atoms with Gasteiger partial charge in [0.25, 0.3) is 0 Å². The fraction of sp³-hybridized carbons (Fsp3) is 0.429. The summed E-state index contributed by atoms with van der Waals surface area (Å²) in [6.45, 7) is 6.37. The Morgan fingerprint density at radius 1 is 0.853 bits per heavy atom. The van der Waals surface area contributed by atoms with Crippen molar-refractivity contribution < 1.29 is 26.2 Å². The third kappa shape index (κ3) is 7.69. The number of allylic oxidation sites excluding steroid dienone is 4. The zero-order valence-electron chi connectivity index (χ0n) is 22.0. The maximum absolute atomic E-state index is 13.0. The van der Waals surface area contributed by atoms with E-state index in [1.165, 1.54) is 33.4 Å². The molecule has 0 aliphatic heterocycles. The van der Waals surface area contributed by atoms with Crippen LogP contribution in [0.2, 0.25) is 6.04 Å².